The number of benzene rings is 1. The molecule has 1 aliphatic rings. The van der Waals surface area contributed by atoms with E-state index in [1.807, 2.05) is 24.3 Å². The predicted molar refractivity (Wildman–Crippen MR) is 88.8 cm³/mol. The summed E-state index contributed by atoms with van der Waals surface area (Å²) in [6, 6.07) is 8.36. The first-order valence-corrected chi connectivity index (χ1v) is 8.28. The molecule has 0 bridgehead atoms. The quantitative estimate of drug-likeness (QED) is 0.849. The van der Waals surface area contributed by atoms with Gasteiger partial charge in [0.05, 0.1) is 6.61 Å². The molecule has 4 nitrogen and oxygen atoms in total. The van der Waals surface area contributed by atoms with Gasteiger partial charge in [0.1, 0.15) is 5.75 Å². The topological polar surface area (TPSA) is 50.4 Å². The van der Waals surface area contributed by atoms with Gasteiger partial charge in [-0.15, -0.1) is 0 Å². The summed E-state index contributed by atoms with van der Waals surface area (Å²) in [6.07, 6.45) is 1.83. The predicted octanol–water partition coefficient (Wildman–Crippen LogP) is 2.73. The molecule has 0 spiro atoms. The van der Waals surface area contributed by atoms with Crippen molar-refractivity contribution in [3.8, 4) is 5.75 Å². The summed E-state index contributed by atoms with van der Waals surface area (Å²) < 4.78 is 5.83. The lowest BCUT2D eigenvalue weighted by atomic mass is 9.92. The van der Waals surface area contributed by atoms with Crippen molar-refractivity contribution in [2.45, 2.75) is 46.2 Å². The van der Waals surface area contributed by atoms with Gasteiger partial charge in [-0.05, 0) is 38.3 Å². The fourth-order valence-electron chi connectivity index (χ4n) is 2.74. The van der Waals surface area contributed by atoms with Gasteiger partial charge in [0.2, 0.25) is 5.91 Å². The highest BCUT2D eigenvalue weighted by Crippen LogP contribution is 2.20. The van der Waals surface area contributed by atoms with E-state index < -0.39 is 0 Å². The summed E-state index contributed by atoms with van der Waals surface area (Å²) in [4.78, 5) is 12.3. The molecule has 1 fully saturated rings. The van der Waals surface area contributed by atoms with Crippen LogP contribution in [0.25, 0.3) is 0 Å². The number of para-hydroxylation sites is 1. The largest absolute Gasteiger partial charge is 0.493 e. The van der Waals surface area contributed by atoms with Crippen LogP contribution in [-0.2, 0) is 11.3 Å². The maximum atomic E-state index is 12.3. The SMILES string of the molecule is CC(C)COc1ccccc1CNC(=O)[C@H]1CCN[C@@H](C)C1. The van der Waals surface area contributed by atoms with E-state index in [1.54, 1.807) is 0 Å². The third kappa shape index (κ3) is 5.02. The Morgan fingerprint density at radius 1 is 1.41 bits per heavy atom. The molecule has 2 rings (SSSR count). The van der Waals surface area contributed by atoms with Crippen LogP contribution in [0.15, 0.2) is 24.3 Å². The van der Waals surface area contributed by atoms with Crippen LogP contribution < -0.4 is 15.4 Å². The number of carbonyl (C=O) groups excluding carboxylic acids is 1. The first-order valence-electron chi connectivity index (χ1n) is 8.28. The summed E-state index contributed by atoms with van der Waals surface area (Å²) in [5.74, 6) is 1.64. The lowest BCUT2D eigenvalue weighted by Gasteiger charge is -2.27. The fraction of sp³-hybridized carbons (Fsp3) is 0.611. The van der Waals surface area contributed by atoms with Crippen molar-refractivity contribution in [3.63, 3.8) is 0 Å². The van der Waals surface area contributed by atoms with Crippen LogP contribution in [0.5, 0.6) is 5.75 Å². The minimum absolute atomic E-state index is 0.125. The van der Waals surface area contributed by atoms with Gasteiger partial charge in [-0.3, -0.25) is 4.79 Å². The minimum Gasteiger partial charge on any atom is -0.493 e. The van der Waals surface area contributed by atoms with Crippen molar-refractivity contribution < 1.29 is 9.53 Å². The Bertz CT molecular complexity index is 488. The second kappa shape index (κ2) is 8.18. The number of piperidine rings is 1. The van der Waals surface area contributed by atoms with Gasteiger partial charge in [0, 0.05) is 24.1 Å². The first-order chi connectivity index (χ1) is 10.6. The molecule has 1 aromatic carbocycles. The summed E-state index contributed by atoms with van der Waals surface area (Å²) in [7, 11) is 0. The summed E-state index contributed by atoms with van der Waals surface area (Å²) in [5, 5.41) is 6.45. The molecule has 1 heterocycles. The Morgan fingerprint density at radius 3 is 2.91 bits per heavy atom. The average Bonchev–Trinajstić information content (AvgIpc) is 2.51. The van der Waals surface area contributed by atoms with E-state index in [-0.39, 0.29) is 11.8 Å². The molecular formula is C18H28N2O2. The van der Waals surface area contributed by atoms with E-state index in [0.29, 0.717) is 25.1 Å². The molecule has 0 radical (unpaired) electrons. The van der Waals surface area contributed by atoms with Gasteiger partial charge in [-0.2, -0.15) is 0 Å². The van der Waals surface area contributed by atoms with E-state index in [0.717, 1.165) is 30.7 Å². The van der Waals surface area contributed by atoms with Crippen molar-refractivity contribution in [2.24, 2.45) is 11.8 Å². The van der Waals surface area contributed by atoms with E-state index >= 15 is 0 Å². The lowest BCUT2D eigenvalue weighted by molar-refractivity contribution is -0.126. The number of rotatable bonds is 6. The third-order valence-corrected chi connectivity index (χ3v) is 3.99. The van der Waals surface area contributed by atoms with E-state index in [2.05, 4.69) is 31.4 Å². The van der Waals surface area contributed by atoms with Crippen LogP contribution in [0.1, 0.15) is 39.2 Å². The zero-order valence-electron chi connectivity index (χ0n) is 13.9. The molecule has 0 saturated carbocycles. The smallest absolute Gasteiger partial charge is 0.223 e. The molecule has 1 saturated heterocycles. The molecule has 0 aromatic heterocycles. The zero-order chi connectivity index (χ0) is 15.9. The number of nitrogens with one attached hydrogen (secondary N) is 2. The highest BCUT2D eigenvalue weighted by molar-refractivity contribution is 5.78. The third-order valence-electron chi connectivity index (χ3n) is 3.99. The van der Waals surface area contributed by atoms with Gasteiger partial charge < -0.3 is 15.4 Å². The molecular weight excluding hydrogens is 276 g/mol. The van der Waals surface area contributed by atoms with Gasteiger partial charge in [-0.1, -0.05) is 32.0 Å². The standard InChI is InChI=1S/C18H28N2O2/c1-13(2)12-22-17-7-5-4-6-16(17)11-20-18(21)15-8-9-19-14(3)10-15/h4-7,13-15,19H,8-12H2,1-3H3,(H,20,21)/t14-,15-/m0/s1. The summed E-state index contributed by atoms with van der Waals surface area (Å²) in [6.45, 7) is 8.54. The van der Waals surface area contributed by atoms with Gasteiger partial charge in [0.15, 0.2) is 0 Å². The Kier molecular flexibility index (Phi) is 6.25. The zero-order valence-corrected chi connectivity index (χ0v) is 13.9. The van der Waals surface area contributed by atoms with Crippen molar-refractivity contribution in [1.29, 1.82) is 0 Å². The first kappa shape index (κ1) is 16.8. The Labute approximate surface area is 133 Å². The van der Waals surface area contributed by atoms with Gasteiger partial charge >= 0.3 is 0 Å². The van der Waals surface area contributed by atoms with Crippen LogP contribution in [-0.4, -0.2) is 25.1 Å². The maximum Gasteiger partial charge on any atom is 0.223 e. The highest BCUT2D eigenvalue weighted by atomic mass is 16.5. The average molecular weight is 304 g/mol. The monoisotopic (exact) mass is 304 g/mol. The van der Waals surface area contributed by atoms with Crippen LogP contribution in [0, 0.1) is 11.8 Å². The molecule has 4 heteroatoms. The summed E-state index contributed by atoms with van der Waals surface area (Å²) >= 11 is 0. The van der Waals surface area contributed by atoms with Crippen molar-refractivity contribution in [3.05, 3.63) is 29.8 Å². The van der Waals surface area contributed by atoms with Crippen LogP contribution in [0.3, 0.4) is 0 Å². The van der Waals surface area contributed by atoms with Crippen molar-refractivity contribution in [1.82, 2.24) is 10.6 Å². The highest BCUT2D eigenvalue weighted by Gasteiger charge is 2.24. The fourth-order valence-corrected chi connectivity index (χ4v) is 2.74. The number of ether oxygens (including phenoxy) is 1. The molecule has 2 atom stereocenters. The van der Waals surface area contributed by atoms with Crippen LogP contribution in [0.4, 0.5) is 0 Å². The van der Waals surface area contributed by atoms with Gasteiger partial charge in [-0.25, -0.2) is 0 Å². The number of amides is 1. The van der Waals surface area contributed by atoms with E-state index in [4.69, 9.17) is 4.74 Å². The normalized spacial score (nSPS) is 21.6. The maximum absolute atomic E-state index is 12.3. The van der Waals surface area contributed by atoms with Crippen LogP contribution >= 0.6 is 0 Å². The minimum atomic E-state index is 0.125. The Hall–Kier alpha value is -1.55. The molecule has 0 unspecified atom stereocenters. The molecule has 22 heavy (non-hydrogen) atoms. The van der Waals surface area contributed by atoms with Crippen molar-refractivity contribution in [2.75, 3.05) is 13.2 Å². The van der Waals surface area contributed by atoms with E-state index in [9.17, 15) is 4.79 Å². The second-order valence-electron chi connectivity index (χ2n) is 6.61. The molecule has 1 amide bonds. The molecule has 1 aliphatic heterocycles. The number of carbonyl (C=O) groups is 1. The van der Waals surface area contributed by atoms with Gasteiger partial charge in [0.25, 0.3) is 0 Å². The van der Waals surface area contributed by atoms with E-state index in [1.165, 1.54) is 0 Å². The second-order valence-corrected chi connectivity index (χ2v) is 6.61. The molecule has 1 aromatic rings. The Morgan fingerprint density at radius 2 is 2.18 bits per heavy atom. The molecule has 2 N–H and O–H groups in total. The molecule has 0 aliphatic carbocycles. The Balaban J connectivity index is 1.89. The number of hydrogen-bond donors (Lipinski definition) is 2. The molecule has 122 valence electrons. The van der Waals surface area contributed by atoms with Crippen molar-refractivity contribution >= 4 is 5.91 Å². The summed E-state index contributed by atoms with van der Waals surface area (Å²) in [5.41, 5.74) is 1.04. The van der Waals surface area contributed by atoms with Crippen LogP contribution in [0.2, 0.25) is 0 Å². The number of hydrogen-bond acceptors (Lipinski definition) is 3. The lowest BCUT2D eigenvalue weighted by Crippen LogP contribution is -2.42.